The number of aliphatic hydroxyl groups excluding tert-OH is 1. The molecule has 2 aromatic carbocycles. The normalized spacial score (nSPS) is 15.2. The molecule has 0 bridgehead atoms. The summed E-state index contributed by atoms with van der Waals surface area (Å²) in [6.07, 6.45) is 0.898. The standard InChI is InChI=1S/C26H30N2O6/c1-15(2)24(29)23(17-9-10-21-22(12-17)34-14-33-21)25(30)27-16(3)11-18-13-28(26(31)32-4)20-8-6-5-7-19(18)20/h5-10,12-13,15-16,23-24,29H,11,14H2,1-4H3,(H,27,30)/t16-,23?,24?/m1/s1. The molecule has 0 spiro atoms. The molecule has 2 N–H and O–H groups in total. The molecule has 0 saturated heterocycles. The van der Waals surface area contributed by atoms with Crippen molar-refractivity contribution in [2.75, 3.05) is 13.9 Å². The Labute approximate surface area is 198 Å². The van der Waals surface area contributed by atoms with Crippen molar-refractivity contribution < 1.29 is 28.9 Å². The van der Waals surface area contributed by atoms with Gasteiger partial charge in [-0.3, -0.25) is 9.36 Å². The summed E-state index contributed by atoms with van der Waals surface area (Å²) in [7, 11) is 1.34. The Balaban J connectivity index is 1.56. The first-order valence-corrected chi connectivity index (χ1v) is 11.4. The molecule has 1 aromatic heterocycles. The van der Waals surface area contributed by atoms with Gasteiger partial charge in [-0.2, -0.15) is 0 Å². The fraction of sp³-hybridized carbons (Fsp3) is 0.385. The summed E-state index contributed by atoms with van der Waals surface area (Å²) in [6.45, 7) is 5.80. The minimum Gasteiger partial charge on any atom is -0.454 e. The van der Waals surface area contributed by atoms with Gasteiger partial charge in [0.1, 0.15) is 0 Å². The van der Waals surface area contributed by atoms with Crippen LogP contribution in [0.15, 0.2) is 48.7 Å². The second-order valence-corrected chi connectivity index (χ2v) is 8.95. The first-order valence-electron chi connectivity index (χ1n) is 11.4. The Morgan fingerprint density at radius 3 is 2.59 bits per heavy atom. The lowest BCUT2D eigenvalue weighted by Gasteiger charge is -2.27. The average molecular weight is 467 g/mol. The number of carbonyl (C=O) groups is 2. The number of aliphatic hydroxyl groups is 1. The van der Waals surface area contributed by atoms with Crippen LogP contribution in [0.1, 0.15) is 37.8 Å². The van der Waals surface area contributed by atoms with Crippen molar-refractivity contribution in [2.24, 2.45) is 5.92 Å². The fourth-order valence-electron chi connectivity index (χ4n) is 4.37. The molecule has 3 aromatic rings. The monoisotopic (exact) mass is 466 g/mol. The minimum absolute atomic E-state index is 0.130. The van der Waals surface area contributed by atoms with Gasteiger partial charge < -0.3 is 24.6 Å². The Bertz CT molecular complexity index is 1200. The molecule has 4 rings (SSSR count). The highest BCUT2D eigenvalue weighted by Gasteiger charge is 2.32. The number of hydrogen-bond donors (Lipinski definition) is 2. The van der Waals surface area contributed by atoms with E-state index < -0.39 is 18.1 Å². The molecule has 34 heavy (non-hydrogen) atoms. The summed E-state index contributed by atoms with van der Waals surface area (Å²) < 4.78 is 17.2. The zero-order chi connectivity index (χ0) is 24.4. The summed E-state index contributed by atoms with van der Waals surface area (Å²) in [5.41, 5.74) is 2.33. The van der Waals surface area contributed by atoms with Crippen LogP contribution in [0.5, 0.6) is 11.5 Å². The van der Waals surface area contributed by atoms with Crippen molar-refractivity contribution >= 4 is 22.9 Å². The van der Waals surface area contributed by atoms with Crippen molar-refractivity contribution in [2.45, 2.75) is 45.3 Å². The molecule has 2 unspecified atom stereocenters. The highest BCUT2D eigenvalue weighted by molar-refractivity contribution is 5.92. The molecule has 8 nitrogen and oxygen atoms in total. The third-order valence-electron chi connectivity index (χ3n) is 6.14. The lowest BCUT2D eigenvalue weighted by molar-refractivity contribution is -0.126. The first kappa shape index (κ1) is 23.6. The van der Waals surface area contributed by atoms with E-state index in [2.05, 4.69) is 5.32 Å². The number of hydrogen-bond acceptors (Lipinski definition) is 6. The van der Waals surface area contributed by atoms with Crippen molar-refractivity contribution in [3.8, 4) is 11.5 Å². The number of amides is 1. The predicted molar refractivity (Wildman–Crippen MR) is 127 cm³/mol. The maximum atomic E-state index is 13.4. The van der Waals surface area contributed by atoms with Gasteiger partial charge in [0, 0.05) is 17.6 Å². The summed E-state index contributed by atoms with van der Waals surface area (Å²) in [5.74, 6) is 0.0133. The van der Waals surface area contributed by atoms with E-state index in [1.807, 2.05) is 45.0 Å². The lowest BCUT2D eigenvalue weighted by Crippen LogP contribution is -2.42. The lowest BCUT2D eigenvalue weighted by atomic mass is 9.86. The van der Waals surface area contributed by atoms with Crippen molar-refractivity contribution in [1.29, 1.82) is 0 Å². The van der Waals surface area contributed by atoms with E-state index >= 15 is 0 Å². The van der Waals surface area contributed by atoms with Crippen LogP contribution in [0, 0.1) is 5.92 Å². The van der Waals surface area contributed by atoms with Crippen LogP contribution in [0.25, 0.3) is 10.9 Å². The van der Waals surface area contributed by atoms with E-state index in [-0.39, 0.29) is 24.7 Å². The SMILES string of the molecule is COC(=O)n1cc(C[C@@H](C)NC(=O)C(c2ccc3c(c2)OCO3)C(O)C(C)C)c2ccccc21. The summed E-state index contributed by atoms with van der Waals surface area (Å²) in [6, 6.07) is 12.6. The quantitative estimate of drug-likeness (QED) is 0.549. The number of benzene rings is 2. The molecule has 180 valence electrons. The molecular formula is C26H30N2O6. The number of carbonyl (C=O) groups excluding carboxylic acids is 2. The number of methoxy groups -OCH3 is 1. The van der Waals surface area contributed by atoms with Crippen LogP contribution in [-0.2, 0) is 16.0 Å². The molecule has 1 amide bonds. The second-order valence-electron chi connectivity index (χ2n) is 8.95. The Morgan fingerprint density at radius 1 is 1.12 bits per heavy atom. The molecule has 1 aliphatic heterocycles. The molecule has 0 aliphatic carbocycles. The zero-order valence-electron chi connectivity index (χ0n) is 19.8. The van der Waals surface area contributed by atoms with E-state index in [1.165, 1.54) is 11.7 Å². The molecule has 8 heteroatoms. The number of para-hydroxylation sites is 1. The average Bonchev–Trinajstić information content (AvgIpc) is 3.43. The van der Waals surface area contributed by atoms with Crippen molar-refractivity contribution in [3.05, 3.63) is 59.8 Å². The van der Waals surface area contributed by atoms with Gasteiger partial charge in [0.15, 0.2) is 11.5 Å². The zero-order valence-corrected chi connectivity index (χ0v) is 19.8. The van der Waals surface area contributed by atoms with Gasteiger partial charge in [0.25, 0.3) is 0 Å². The fourth-order valence-corrected chi connectivity index (χ4v) is 4.37. The number of nitrogens with zero attached hydrogens (tertiary/aromatic N) is 1. The van der Waals surface area contributed by atoms with E-state index in [1.54, 1.807) is 24.4 Å². The van der Waals surface area contributed by atoms with Gasteiger partial charge in [-0.1, -0.05) is 38.1 Å². The number of aromatic nitrogens is 1. The third-order valence-corrected chi connectivity index (χ3v) is 6.14. The minimum atomic E-state index is -0.881. The van der Waals surface area contributed by atoms with Crippen LogP contribution < -0.4 is 14.8 Å². The number of rotatable bonds is 7. The van der Waals surface area contributed by atoms with Crippen LogP contribution in [0.3, 0.4) is 0 Å². The summed E-state index contributed by atoms with van der Waals surface area (Å²) >= 11 is 0. The Morgan fingerprint density at radius 2 is 1.85 bits per heavy atom. The largest absolute Gasteiger partial charge is 0.454 e. The molecular weight excluding hydrogens is 436 g/mol. The second kappa shape index (κ2) is 9.77. The molecule has 3 atom stereocenters. The maximum absolute atomic E-state index is 13.4. The Hall–Kier alpha value is -3.52. The van der Waals surface area contributed by atoms with Gasteiger partial charge in [0.05, 0.1) is 24.6 Å². The van der Waals surface area contributed by atoms with Gasteiger partial charge in [-0.25, -0.2) is 4.79 Å². The molecule has 1 aliphatic rings. The highest BCUT2D eigenvalue weighted by Crippen LogP contribution is 2.36. The number of nitrogens with one attached hydrogen (secondary N) is 1. The van der Waals surface area contributed by atoms with Gasteiger partial charge in [-0.15, -0.1) is 0 Å². The summed E-state index contributed by atoms with van der Waals surface area (Å²) in [4.78, 5) is 25.6. The first-order chi connectivity index (χ1) is 16.3. The van der Waals surface area contributed by atoms with E-state index in [0.29, 0.717) is 23.5 Å². The van der Waals surface area contributed by atoms with Gasteiger partial charge in [-0.05, 0) is 48.6 Å². The van der Waals surface area contributed by atoms with Crippen molar-refractivity contribution in [3.63, 3.8) is 0 Å². The molecule has 0 saturated carbocycles. The van der Waals surface area contributed by atoms with E-state index in [0.717, 1.165) is 16.5 Å². The topological polar surface area (TPSA) is 99.0 Å². The molecule has 0 fully saturated rings. The van der Waals surface area contributed by atoms with Gasteiger partial charge in [0.2, 0.25) is 12.7 Å². The number of ether oxygens (including phenoxy) is 3. The third kappa shape index (κ3) is 4.59. The van der Waals surface area contributed by atoms with Crippen molar-refractivity contribution in [1.82, 2.24) is 9.88 Å². The van der Waals surface area contributed by atoms with E-state index in [4.69, 9.17) is 14.2 Å². The van der Waals surface area contributed by atoms with Crippen LogP contribution in [-0.4, -0.2) is 47.7 Å². The highest BCUT2D eigenvalue weighted by atomic mass is 16.7. The van der Waals surface area contributed by atoms with Crippen LogP contribution >= 0.6 is 0 Å². The smallest absolute Gasteiger partial charge is 0.418 e. The molecule has 0 radical (unpaired) electrons. The van der Waals surface area contributed by atoms with Crippen LogP contribution in [0.4, 0.5) is 4.79 Å². The summed E-state index contributed by atoms with van der Waals surface area (Å²) in [5, 5.41) is 14.9. The van der Waals surface area contributed by atoms with Crippen LogP contribution in [0.2, 0.25) is 0 Å². The predicted octanol–water partition coefficient (Wildman–Crippen LogP) is 3.83. The maximum Gasteiger partial charge on any atom is 0.418 e. The Kier molecular flexibility index (Phi) is 6.79. The van der Waals surface area contributed by atoms with E-state index in [9.17, 15) is 14.7 Å². The number of fused-ring (bicyclic) bond motifs is 2. The van der Waals surface area contributed by atoms with Gasteiger partial charge >= 0.3 is 6.09 Å². The molecule has 2 heterocycles.